The van der Waals surface area contributed by atoms with Gasteiger partial charge in [0.15, 0.2) is 0 Å². The van der Waals surface area contributed by atoms with E-state index in [-0.39, 0.29) is 10.6 Å². The van der Waals surface area contributed by atoms with Crippen molar-refractivity contribution in [3.63, 3.8) is 0 Å². The van der Waals surface area contributed by atoms with E-state index in [0.29, 0.717) is 24.3 Å². The molecule has 1 atom stereocenters. The molecule has 5 nitrogen and oxygen atoms in total. The lowest BCUT2D eigenvalue weighted by atomic mass is 9.99. The van der Waals surface area contributed by atoms with E-state index in [0.717, 1.165) is 0 Å². The maximum absolute atomic E-state index is 13.8. The minimum absolute atomic E-state index is 0.127. The molecule has 0 amide bonds. The van der Waals surface area contributed by atoms with Gasteiger partial charge in [0.1, 0.15) is 11.9 Å². The van der Waals surface area contributed by atoms with Crippen LogP contribution in [0.15, 0.2) is 42.5 Å². The second-order valence-electron chi connectivity index (χ2n) is 5.42. The fourth-order valence-electron chi connectivity index (χ4n) is 2.34. The average Bonchev–Trinajstić information content (AvgIpc) is 2.57. The zero-order valence-corrected chi connectivity index (χ0v) is 14.7. The lowest BCUT2D eigenvalue weighted by Crippen LogP contribution is -2.23. The minimum atomic E-state index is -1.04. The van der Waals surface area contributed by atoms with Crippen LogP contribution in [0.4, 0.5) is 4.39 Å². The molecule has 0 saturated carbocycles. The van der Waals surface area contributed by atoms with Crippen LogP contribution in [0.3, 0.4) is 0 Å². The van der Waals surface area contributed by atoms with Gasteiger partial charge in [0.2, 0.25) is 0 Å². The van der Waals surface area contributed by atoms with Gasteiger partial charge < -0.3 is 14.7 Å². The number of carbonyl (C=O) groups is 1. The first-order chi connectivity index (χ1) is 11.9. The van der Waals surface area contributed by atoms with E-state index in [1.165, 1.54) is 24.3 Å². The van der Waals surface area contributed by atoms with E-state index in [9.17, 15) is 14.3 Å². The fourth-order valence-corrected chi connectivity index (χ4v) is 2.57. The van der Waals surface area contributed by atoms with Crippen molar-refractivity contribution in [2.75, 3.05) is 27.3 Å². The Balaban J connectivity index is 2.34. The second kappa shape index (κ2) is 8.92. The van der Waals surface area contributed by atoms with Gasteiger partial charge in [-0.15, -0.1) is 0 Å². The van der Waals surface area contributed by atoms with Crippen LogP contribution in [0.25, 0.3) is 0 Å². The van der Waals surface area contributed by atoms with Crippen LogP contribution in [0.2, 0.25) is 5.02 Å². The Morgan fingerprint density at radius 2 is 2.04 bits per heavy atom. The van der Waals surface area contributed by atoms with Gasteiger partial charge in [0.05, 0.1) is 19.3 Å². The molecule has 0 fully saturated rings. The number of aromatic carboxylic acids is 1. The molecule has 0 spiro atoms. The van der Waals surface area contributed by atoms with Crippen LogP contribution in [0, 0.1) is 5.82 Å². The number of nitrogens with zero attached hydrogens (tertiary/aromatic N) is 1. The number of halogens is 2. The van der Waals surface area contributed by atoms with Crippen LogP contribution in [0.5, 0.6) is 0 Å². The summed E-state index contributed by atoms with van der Waals surface area (Å²) >= 11 is 5.95. The van der Waals surface area contributed by atoms with E-state index in [1.807, 2.05) is 0 Å². The lowest BCUT2D eigenvalue weighted by molar-refractivity contribution is -0.122. The molecule has 0 aliphatic carbocycles. The summed E-state index contributed by atoms with van der Waals surface area (Å²) in [7, 11) is 3.29. The summed E-state index contributed by atoms with van der Waals surface area (Å²) < 4.78 is 19.6. The molecular formula is C18H19ClFNO4. The first-order valence-electron chi connectivity index (χ1n) is 7.57. The zero-order valence-electron chi connectivity index (χ0n) is 13.9. The van der Waals surface area contributed by atoms with Crippen molar-refractivity contribution in [3.05, 3.63) is 70.0 Å². The van der Waals surface area contributed by atoms with Gasteiger partial charge in [-0.2, -0.15) is 5.06 Å². The number of hydrogen-bond donors (Lipinski definition) is 1. The quantitative estimate of drug-likeness (QED) is 0.719. The number of rotatable bonds is 8. The highest BCUT2D eigenvalue weighted by atomic mass is 35.5. The van der Waals surface area contributed by atoms with Crippen molar-refractivity contribution in [1.82, 2.24) is 5.06 Å². The van der Waals surface area contributed by atoms with E-state index in [1.54, 1.807) is 37.4 Å². The predicted molar refractivity (Wildman–Crippen MR) is 92.2 cm³/mol. The molecule has 134 valence electrons. The largest absolute Gasteiger partial charge is 0.478 e. The smallest absolute Gasteiger partial charge is 0.335 e. The summed E-state index contributed by atoms with van der Waals surface area (Å²) in [6.07, 6.45) is -0.655. The van der Waals surface area contributed by atoms with Crippen molar-refractivity contribution in [2.45, 2.75) is 6.10 Å². The number of ether oxygens (including phenoxy) is 1. The third-order valence-electron chi connectivity index (χ3n) is 3.63. The Morgan fingerprint density at radius 1 is 1.28 bits per heavy atom. The first kappa shape index (κ1) is 19.3. The van der Waals surface area contributed by atoms with Crippen molar-refractivity contribution in [3.8, 4) is 0 Å². The number of hydrogen-bond acceptors (Lipinski definition) is 4. The Hall–Kier alpha value is -1.99. The normalized spacial score (nSPS) is 12.4. The highest BCUT2D eigenvalue weighted by Gasteiger charge is 2.18. The molecule has 1 N–H and O–H groups in total. The first-order valence-corrected chi connectivity index (χ1v) is 7.94. The highest BCUT2D eigenvalue weighted by molar-refractivity contribution is 6.30. The Morgan fingerprint density at radius 3 is 2.68 bits per heavy atom. The third-order valence-corrected chi connectivity index (χ3v) is 3.84. The van der Waals surface area contributed by atoms with Crippen molar-refractivity contribution < 1.29 is 23.9 Å². The molecule has 0 saturated heterocycles. The van der Waals surface area contributed by atoms with Crippen LogP contribution < -0.4 is 0 Å². The molecule has 2 aromatic carbocycles. The van der Waals surface area contributed by atoms with Gasteiger partial charge in [-0.1, -0.05) is 23.7 Å². The van der Waals surface area contributed by atoms with Crippen LogP contribution in [-0.4, -0.2) is 43.4 Å². The summed E-state index contributed by atoms with van der Waals surface area (Å²) in [5, 5.41) is 11.0. The molecule has 1 unspecified atom stereocenters. The van der Waals surface area contributed by atoms with E-state index < -0.39 is 17.9 Å². The molecule has 0 aromatic heterocycles. The van der Waals surface area contributed by atoms with Gasteiger partial charge in [0.25, 0.3) is 0 Å². The summed E-state index contributed by atoms with van der Waals surface area (Å²) in [6.45, 7) is 0.773. The summed E-state index contributed by atoms with van der Waals surface area (Å²) in [5.74, 6) is -1.53. The van der Waals surface area contributed by atoms with Gasteiger partial charge in [-0.05, 0) is 41.5 Å². The van der Waals surface area contributed by atoms with Crippen molar-refractivity contribution >= 4 is 17.6 Å². The highest BCUT2D eigenvalue weighted by Crippen LogP contribution is 2.29. The fraction of sp³-hybridized carbons (Fsp3) is 0.278. The molecule has 0 heterocycles. The average molecular weight is 368 g/mol. The maximum atomic E-state index is 13.8. The van der Waals surface area contributed by atoms with Gasteiger partial charge >= 0.3 is 5.97 Å². The summed E-state index contributed by atoms with van der Waals surface area (Å²) in [6, 6.07) is 10.5. The molecule has 0 aliphatic heterocycles. The Labute approximate surface area is 150 Å². The van der Waals surface area contributed by atoms with Crippen LogP contribution in [0.1, 0.15) is 27.6 Å². The van der Waals surface area contributed by atoms with Crippen molar-refractivity contribution in [2.24, 2.45) is 0 Å². The molecule has 2 rings (SSSR count). The Bertz CT molecular complexity index is 721. The zero-order chi connectivity index (χ0) is 18.4. The topological polar surface area (TPSA) is 59.0 Å². The summed E-state index contributed by atoms with van der Waals surface area (Å²) in [5.41, 5.74) is 1.23. The van der Waals surface area contributed by atoms with E-state index >= 15 is 0 Å². The van der Waals surface area contributed by atoms with Crippen LogP contribution >= 0.6 is 11.6 Å². The number of benzene rings is 2. The van der Waals surface area contributed by atoms with Gasteiger partial charge in [-0.3, -0.25) is 0 Å². The number of likely N-dealkylation sites (N-methyl/N-ethyl adjacent to an activating group) is 1. The molecule has 25 heavy (non-hydrogen) atoms. The molecule has 0 aliphatic rings. The molecule has 0 radical (unpaired) electrons. The predicted octanol–water partition coefficient (Wildman–Crippen LogP) is 3.78. The molecule has 0 bridgehead atoms. The number of carboxylic acid groups (broad SMARTS) is 1. The van der Waals surface area contributed by atoms with Gasteiger partial charge in [0, 0.05) is 18.6 Å². The number of hydroxylamine groups is 2. The molecule has 2 aromatic rings. The van der Waals surface area contributed by atoms with Crippen molar-refractivity contribution in [1.29, 1.82) is 0 Å². The lowest BCUT2D eigenvalue weighted by Gasteiger charge is -2.21. The molecule has 7 heteroatoms. The van der Waals surface area contributed by atoms with E-state index in [4.69, 9.17) is 21.2 Å². The SMILES string of the molecule is CON(C)CCOC(c1cc(F)cc(Cl)c1)c1cccc(C(=O)O)c1. The maximum Gasteiger partial charge on any atom is 0.335 e. The molecular weight excluding hydrogens is 349 g/mol. The standard InChI is InChI=1S/C18H19ClFNO4/c1-21(24-2)6-7-25-17(14-9-15(19)11-16(20)10-14)12-4-3-5-13(8-12)18(22)23/h3-5,8-11,17H,6-7H2,1-2H3,(H,22,23). The third kappa shape index (κ3) is 5.51. The second-order valence-corrected chi connectivity index (χ2v) is 5.85. The van der Waals surface area contributed by atoms with Gasteiger partial charge in [-0.25, -0.2) is 9.18 Å². The number of carboxylic acids is 1. The van der Waals surface area contributed by atoms with E-state index in [2.05, 4.69) is 0 Å². The monoisotopic (exact) mass is 367 g/mol. The Kier molecular flexibility index (Phi) is 6.90. The van der Waals surface area contributed by atoms with Crippen LogP contribution in [-0.2, 0) is 9.57 Å². The summed E-state index contributed by atoms with van der Waals surface area (Å²) in [4.78, 5) is 16.2. The minimum Gasteiger partial charge on any atom is -0.478 e.